The van der Waals surface area contributed by atoms with Crippen LogP contribution < -0.4 is 0 Å². The summed E-state index contributed by atoms with van der Waals surface area (Å²) in [6, 6.07) is 7.51. The number of esters is 1. The second-order valence-electron chi connectivity index (χ2n) is 6.11. The summed E-state index contributed by atoms with van der Waals surface area (Å²) in [6.45, 7) is 5.70. The lowest BCUT2D eigenvalue weighted by molar-refractivity contribution is -0.148. The number of hydrogen-bond acceptors (Lipinski definition) is 4. The van der Waals surface area contributed by atoms with Crippen molar-refractivity contribution < 1.29 is 19.4 Å². The molecule has 5 nitrogen and oxygen atoms in total. The molecule has 1 N–H and O–H groups in total. The van der Waals surface area contributed by atoms with Crippen LogP contribution in [0.1, 0.15) is 50.7 Å². The van der Waals surface area contributed by atoms with Crippen LogP contribution in [-0.4, -0.2) is 23.7 Å². The number of carbonyl (C=O) groups excluding carboxylic acids is 1. The van der Waals surface area contributed by atoms with Crippen molar-refractivity contribution in [2.75, 3.05) is 6.61 Å². The van der Waals surface area contributed by atoms with Crippen molar-refractivity contribution in [1.82, 2.24) is 0 Å². The lowest BCUT2D eigenvalue weighted by Gasteiger charge is -2.31. The number of ether oxygens (including phenoxy) is 1. The van der Waals surface area contributed by atoms with Gasteiger partial charge in [-0.1, -0.05) is 24.6 Å². The van der Waals surface area contributed by atoms with Crippen LogP contribution in [0.3, 0.4) is 0 Å². The van der Waals surface area contributed by atoms with Gasteiger partial charge < -0.3 is 9.84 Å². The molecule has 0 bridgehead atoms. The Bertz CT molecular complexity index is 668. The number of nitrogens with zero attached hydrogens (tertiary/aromatic N) is 1. The van der Waals surface area contributed by atoms with Gasteiger partial charge in [0, 0.05) is 11.4 Å². The first-order chi connectivity index (χ1) is 11.8. The maximum Gasteiger partial charge on any atom is 0.308 e. The summed E-state index contributed by atoms with van der Waals surface area (Å²) < 4.78 is 5.11. The molecule has 0 spiro atoms. The summed E-state index contributed by atoms with van der Waals surface area (Å²) in [7, 11) is 0. The Morgan fingerprint density at radius 3 is 2.60 bits per heavy atom. The number of halogens is 1. The number of benzene rings is 1. The third-order valence-electron chi connectivity index (χ3n) is 4.40. The molecule has 0 fully saturated rings. The average molecular weight is 366 g/mol. The number of carbonyl (C=O) groups is 2. The van der Waals surface area contributed by atoms with Crippen molar-refractivity contribution >= 4 is 23.5 Å². The number of hydrogen-bond donors (Lipinski definition) is 1. The SMILES string of the molecule is CCOC(=O)C(CC)CC(C#N)(CCC(=O)O)c1cc(Cl)ccc1C. The quantitative estimate of drug-likeness (QED) is 0.661. The lowest BCUT2D eigenvalue weighted by Crippen LogP contribution is -2.32. The molecule has 0 aromatic heterocycles. The molecule has 0 radical (unpaired) electrons. The van der Waals surface area contributed by atoms with Crippen LogP contribution in [0, 0.1) is 24.2 Å². The molecular formula is C19H24ClNO4. The molecule has 0 saturated carbocycles. The predicted molar refractivity (Wildman–Crippen MR) is 95.4 cm³/mol. The molecule has 0 amide bonds. The van der Waals surface area contributed by atoms with Gasteiger partial charge in [0.25, 0.3) is 0 Å². The van der Waals surface area contributed by atoms with Crippen LogP contribution >= 0.6 is 11.6 Å². The number of aliphatic carboxylic acids is 1. The van der Waals surface area contributed by atoms with Crippen LogP contribution in [0.5, 0.6) is 0 Å². The standard InChI is InChI=1S/C19H24ClNO4/c1-4-14(18(24)25-5-2)11-19(12-21,9-8-17(22)23)16-10-15(20)7-6-13(16)3/h6-7,10,14H,4-5,8-9,11H2,1-3H3,(H,22,23). The predicted octanol–water partition coefficient (Wildman–Crippen LogP) is 4.25. The highest BCUT2D eigenvalue weighted by Crippen LogP contribution is 2.39. The summed E-state index contributed by atoms with van der Waals surface area (Å²) in [5.74, 6) is -1.82. The van der Waals surface area contributed by atoms with E-state index in [1.807, 2.05) is 13.8 Å². The zero-order valence-electron chi connectivity index (χ0n) is 14.8. The summed E-state index contributed by atoms with van der Waals surface area (Å²) >= 11 is 6.11. The van der Waals surface area contributed by atoms with Crippen LogP contribution in [0.15, 0.2) is 18.2 Å². The Morgan fingerprint density at radius 2 is 2.08 bits per heavy atom. The third kappa shape index (κ3) is 5.47. The Morgan fingerprint density at radius 1 is 1.40 bits per heavy atom. The molecule has 0 heterocycles. The molecule has 0 aliphatic rings. The van der Waals surface area contributed by atoms with E-state index in [-0.39, 0.29) is 31.8 Å². The van der Waals surface area contributed by atoms with Crippen molar-refractivity contribution in [3.8, 4) is 6.07 Å². The van der Waals surface area contributed by atoms with Gasteiger partial charge in [0.05, 0.1) is 24.0 Å². The van der Waals surface area contributed by atoms with Crippen LogP contribution in [0.25, 0.3) is 0 Å². The molecule has 1 aromatic carbocycles. The van der Waals surface area contributed by atoms with Gasteiger partial charge in [-0.05, 0) is 56.4 Å². The van der Waals surface area contributed by atoms with Gasteiger partial charge in [0.2, 0.25) is 0 Å². The van der Waals surface area contributed by atoms with Crippen molar-refractivity contribution in [2.45, 2.75) is 51.9 Å². The number of nitriles is 1. The Hall–Kier alpha value is -2.06. The number of rotatable bonds is 9. The van der Waals surface area contributed by atoms with Gasteiger partial charge in [-0.25, -0.2) is 0 Å². The van der Waals surface area contributed by atoms with Gasteiger partial charge in [-0.2, -0.15) is 5.26 Å². The summed E-state index contributed by atoms with van der Waals surface area (Å²) in [5, 5.41) is 19.5. The first kappa shape index (κ1) is 21.0. The van der Waals surface area contributed by atoms with E-state index in [0.29, 0.717) is 17.0 Å². The van der Waals surface area contributed by atoms with Gasteiger partial charge in [-0.3, -0.25) is 9.59 Å². The van der Waals surface area contributed by atoms with E-state index in [0.717, 1.165) is 5.56 Å². The molecule has 2 unspecified atom stereocenters. The Kier molecular flexibility index (Phi) is 7.92. The smallest absolute Gasteiger partial charge is 0.308 e. The first-order valence-electron chi connectivity index (χ1n) is 8.36. The zero-order chi connectivity index (χ0) is 19.0. The summed E-state index contributed by atoms with van der Waals surface area (Å²) in [4.78, 5) is 23.3. The monoisotopic (exact) mass is 365 g/mol. The minimum atomic E-state index is -1.11. The van der Waals surface area contributed by atoms with Gasteiger partial charge in [0.15, 0.2) is 0 Å². The van der Waals surface area contributed by atoms with E-state index in [2.05, 4.69) is 6.07 Å². The van der Waals surface area contributed by atoms with Crippen LogP contribution in [0.2, 0.25) is 5.02 Å². The van der Waals surface area contributed by atoms with E-state index in [9.17, 15) is 14.9 Å². The fraction of sp³-hybridized carbons (Fsp3) is 0.526. The molecule has 0 aliphatic heterocycles. The van der Waals surface area contributed by atoms with E-state index < -0.39 is 17.3 Å². The topological polar surface area (TPSA) is 87.4 Å². The summed E-state index contributed by atoms with van der Waals surface area (Å²) in [5.41, 5.74) is 0.405. The highest BCUT2D eigenvalue weighted by molar-refractivity contribution is 6.30. The largest absolute Gasteiger partial charge is 0.481 e. The highest BCUT2D eigenvalue weighted by Gasteiger charge is 2.39. The molecule has 0 saturated heterocycles. The van der Waals surface area contributed by atoms with Crippen molar-refractivity contribution in [2.24, 2.45) is 5.92 Å². The molecule has 0 aliphatic carbocycles. The fourth-order valence-electron chi connectivity index (χ4n) is 3.01. The zero-order valence-corrected chi connectivity index (χ0v) is 15.6. The minimum Gasteiger partial charge on any atom is -0.481 e. The second kappa shape index (κ2) is 9.43. The van der Waals surface area contributed by atoms with Crippen LogP contribution in [0.4, 0.5) is 0 Å². The molecular weight excluding hydrogens is 342 g/mol. The lowest BCUT2D eigenvalue weighted by atomic mass is 9.70. The fourth-order valence-corrected chi connectivity index (χ4v) is 3.19. The first-order valence-corrected chi connectivity index (χ1v) is 8.73. The Balaban J connectivity index is 3.35. The van der Waals surface area contributed by atoms with Gasteiger partial charge in [0.1, 0.15) is 0 Å². The van der Waals surface area contributed by atoms with Gasteiger partial charge >= 0.3 is 11.9 Å². The minimum absolute atomic E-state index is 0.107. The second-order valence-corrected chi connectivity index (χ2v) is 6.54. The van der Waals surface area contributed by atoms with Crippen LogP contribution in [-0.2, 0) is 19.7 Å². The average Bonchev–Trinajstić information content (AvgIpc) is 2.58. The molecule has 25 heavy (non-hydrogen) atoms. The van der Waals surface area contributed by atoms with Crippen molar-refractivity contribution in [1.29, 1.82) is 5.26 Å². The molecule has 1 aromatic rings. The highest BCUT2D eigenvalue weighted by atomic mass is 35.5. The maximum absolute atomic E-state index is 12.2. The van der Waals surface area contributed by atoms with E-state index >= 15 is 0 Å². The molecule has 136 valence electrons. The molecule has 6 heteroatoms. The number of aryl methyl sites for hydroxylation is 1. The molecule has 2 atom stereocenters. The van der Waals surface area contributed by atoms with E-state index in [1.165, 1.54) is 0 Å². The third-order valence-corrected chi connectivity index (χ3v) is 4.64. The van der Waals surface area contributed by atoms with E-state index in [1.54, 1.807) is 25.1 Å². The summed E-state index contributed by atoms with van der Waals surface area (Å²) in [6.07, 6.45) is 0.650. The van der Waals surface area contributed by atoms with Crippen molar-refractivity contribution in [3.05, 3.63) is 34.3 Å². The molecule has 1 rings (SSSR count). The van der Waals surface area contributed by atoms with Gasteiger partial charge in [-0.15, -0.1) is 0 Å². The Labute approximate surface area is 153 Å². The van der Waals surface area contributed by atoms with E-state index in [4.69, 9.17) is 21.4 Å². The number of carboxylic acids is 1. The maximum atomic E-state index is 12.2. The number of carboxylic acid groups (broad SMARTS) is 1. The van der Waals surface area contributed by atoms with Crippen molar-refractivity contribution in [3.63, 3.8) is 0 Å². The normalized spacial score (nSPS) is 14.2.